The summed E-state index contributed by atoms with van der Waals surface area (Å²) in [7, 11) is 0. The van der Waals surface area contributed by atoms with Gasteiger partial charge in [0.15, 0.2) is 0 Å². The van der Waals surface area contributed by atoms with Crippen molar-refractivity contribution in [3.63, 3.8) is 0 Å². The fourth-order valence-corrected chi connectivity index (χ4v) is 1.55. The Hall–Kier alpha value is -1.89. The summed E-state index contributed by atoms with van der Waals surface area (Å²) in [5, 5.41) is 22.1. The first kappa shape index (κ1) is 14.2. The highest BCUT2D eigenvalue weighted by atomic mass is 16.6. The monoisotopic (exact) mass is 255 g/mol. The minimum atomic E-state index is -0.529. The Morgan fingerprint density at radius 3 is 2.83 bits per heavy atom. The van der Waals surface area contributed by atoms with Crippen LogP contribution >= 0.6 is 0 Å². The van der Waals surface area contributed by atoms with Gasteiger partial charge in [0.05, 0.1) is 17.7 Å². The average molecular weight is 255 g/mol. The van der Waals surface area contributed by atoms with Crippen LogP contribution in [0.5, 0.6) is 0 Å². The number of hydrogen-bond donors (Lipinski definition) is 2. The first-order valence-corrected chi connectivity index (χ1v) is 5.75. The van der Waals surface area contributed by atoms with Crippen molar-refractivity contribution in [2.45, 2.75) is 32.9 Å². The van der Waals surface area contributed by atoms with Crippen LogP contribution < -0.4 is 5.32 Å². The molecule has 0 fully saturated rings. The third-order valence-electron chi connectivity index (χ3n) is 2.44. The van der Waals surface area contributed by atoms with Gasteiger partial charge in [-0.05, 0) is 13.3 Å². The third-order valence-corrected chi connectivity index (χ3v) is 2.44. The van der Waals surface area contributed by atoms with E-state index in [-0.39, 0.29) is 24.0 Å². The lowest BCUT2D eigenvalue weighted by Gasteiger charge is -2.12. The van der Waals surface area contributed by atoms with Gasteiger partial charge in [-0.3, -0.25) is 14.9 Å². The molecule has 0 radical (unpaired) electrons. The van der Waals surface area contributed by atoms with Gasteiger partial charge in [-0.25, -0.2) is 0 Å². The number of aromatic nitrogens is 1. The Balaban J connectivity index is 2.97. The maximum atomic E-state index is 11.9. The second-order valence-electron chi connectivity index (χ2n) is 4.09. The molecule has 2 N–H and O–H groups in total. The number of hydrogen-bond acceptors (Lipinski definition) is 4. The van der Waals surface area contributed by atoms with Gasteiger partial charge in [-0.1, -0.05) is 6.92 Å². The zero-order valence-corrected chi connectivity index (χ0v) is 10.4. The number of nitrogens with zero attached hydrogens (tertiary/aromatic N) is 2. The van der Waals surface area contributed by atoms with Crippen molar-refractivity contribution < 1.29 is 14.8 Å². The van der Waals surface area contributed by atoms with Crippen molar-refractivity contribution in [3.05, 3.63) is 28.1 Å². The van der Waals surface area contributed by atoms with E-state index in [2.05, 4.69) is 5.32 Å². The average Bonchev–Trinajstić information content (AvgIpc) is 2.73. The molecule has 0 unspecified atom stereocenters. The van der Waals surface area contributed by atoms with Crippen molar-refractivity contribution >= 4 is 11.6 Å². The van der Waals surface area contributed by atoms with Crippen LogP contribution in [0.1, 0.15) is 30.8 Å². The van der Waals surface area contributed by atoms with Crippen LogP contribution in [0.3, 0.4) is 0 Å². The van der Waals surface area contributed by atoms with E-state index in [1.165, 1.54) is 12.3 Å². The maximum absolute atomic E-state index is 11.9. The maximum Gasteiger partial charge on any atom is 0.287 e. The number of aliphatic hydroxyl groups excluding tert-OH is 1. The van der Waals surface area contributed by atoms with Crippen LogP contribution in [0.15, 0.2) is 12.3 Å². The van der Waals surface area contributed by atoms with E-state index >= 15 is 0 Å². The molecule has 1 amide bonds. The highest BCUT2D eigenvalue weighted by Crippen LogP contribution is 2.17. The second kappa shape index (κ2) is 6.15. The smallest absolute Gasteiger partial charge is 0.287 e. The van der Waals surface area contributed by atoms with Crippen molar-refractivity contribution in [2.24, 2.45) is 0 Å². The van der Waals surface area contributed by atoms with Crippen LogP contribution in [-0.2, 0) is 6.54 Å². The molecular weight excluding hydrogens is 238 g/mol. The molecule has 100 valence electrons. The largest absolute Gasteiger partial charge is 0.394 e. The predicted molar refractivity (Wildman–Crippen MR) is 65.4 cm³/mol. The summed E-state index contributed by atoms with van der Waals surface area (Å²) in [6.45, 7) is 3.93. The molecule has 0 aromatic carbocycles. The lowest BCUT2D eigenvalue weighted by Crippen LogP contribution is -2.36. The molecule has 0 spiro atoms. The van der Waals surface area contributed by atoms with Crippen LogP contribution in [-0.4, -0.2) is 33.2 Å². The van der Waals surface area contributed by atoms with E-state index < -0.39 is 10.8 Å². The zero-order valence-electron chi connectivity index (χ0n) is 10.4. The first-order valence-electron chi connectivity index (χ1n) is 5.75. The first-order chi connectivity index (χ1) is 8.49. The molecule has 0 aliphatic carbocycles. The van der Waals surface area contributed by atoms with Crippen molar-refractivity contribution in [2.75, 3.05) is 6.61 Å². The summed E-state index contributed by atoms with van der Waals surface area (Å²) >= 11 is 0. The van der Waals surface area contributed by atoms with Crippen LogP contribution in [0, 0.1) is 10.1 Å². The van der Waals surface area contributed by atoms with E-state index in [9.17, 15) is 14.9 Å². The molecule has 7 nitrogen and oxygen atoms in total. The number of rotatable bonds is 6. The summed E-state index contributed by atoms with van der Waals surface area (Å²) in [5.74, 6) is -0.418. The highest BCUT2D eigenvalue weighted by Gasteiger charge is 2.19. The van der Waals surface area contributed by atoms with Crippen molar-refractivity contribution in [1.82, 2.24) is 9.88 Å². The molecule has 0 saturated carbocycles. The van der Waals surface area contributed by atoms with Gasteiger partial charge >= 0.3 is 0 Å². The summed E-state index contributed by atoms with van der Waals surface area (Å²) in [4.78, 5) is 22.0. The van der Waals surface area contributed by atoms with Gasteiger partial charge in [0, 0.05) is 18.7 Å². The predicted octanol–water partition coefficient (Wildman–Crippen LogP) is 0.917. The zero-order chi connectivity index (χ0) is 13.7. The molecule has 0 saturated heterocycles. The lowest BCUT2D eigenvalue weighted by molar-refractivity contribution is -0.384. The summed E-state index contributed by atoms with van der Waals surface area (Å²) < 4.78 is 1.55. The highest BCUT2D eigenvalue weighted by molar-refractivity contribution is 5.93. The molecule has 1 heterocycles. The van der Waals surface area contributed by atoms with Crippen molar-refractivity contribution in [3.8, 4) is 0 Å². The molecule has 1 aromatic rings. The summed E-state index contributed by atoms with van der Waals surface area (Å²) in [5.41, 5.74) is 0.133. The minimum Gasteiger partial charge on any atom is -0.394 e. The van der Waals surface area contributed by atoms with E-state index in [4.69, 9.17) is 5.11 Å². The third kappa shape index (κ3) is 3.30. The Morgan fingerprint density at radius 2 is 2.33 bits per heavy atom. The number of aliphatic hydroxyl groups is 1. The van der Waals surface area contributed by atoms with Crippen LogP contribution in [0.4, 0.5) is 5.69 Å². The van der Waals surface area contributed by atoms with Gasteiger partial charge in [-0.2, -0.15) is 0 Å². The number of aryl methyl sites for hydroxylation is 1. The van der Waals surface area contributed by atoms with E-state index in [1.54, 1.807) is 11.5 Å². The molecule has 0 bridgehead atoms. The van der Waals surface area contributed by atoms with Gasteiger partial charge < -0.3 is 15.0 Å². The molecule has 1 rings (SSSR count). The fraction of sp³-hybridized carbons (Fsp3) is 0.545. The Bertz CT molecular complexity index is 441. The van der Waals surface area contributed by atoms with Crippen LogP contribution in [0.25, 0.3) is 0 Å². The Kier molecular flexibility index (Phi) is 4.85. The number of nitrogens with one attached hydrogen (secondary N) is 1. The number of nitro groups is 1. The molecule has 1 atom stereocenters. The lowest BCUT2D eigenvalue weighted by atomic mass is 10.3. The molecule has 18 heavy (non-hydrogen) atoms. The van der Waals surface area contributed by atoms with Gasteiger partial charge in [-0.15, -0.1) is 0 Å². The second-order valence-corrected chi connectivity index (χ2v) is 4.09. The summed E-state index contributed by atoms with van der Waals surface area (Å²) in [6.07, 6.45) is 2.11. The Labute approximate surface area is 105 Å². The molecule has 1 aromatic heterocycles. The topological polar surface area (TPSA) is 97.4 Å². The normalized spacial score (nSPS) is 12.2. The standard InChI is InChI=1S/C11H17N3O4/c1-3-4-13-6-9(14(17)18)5-10(13)11(16)12-8(2)7-15/h5-6,8,15H,3-4,7H2,1-2H3,(H,12,16)/t8-/m1/s1. The minimum absolute atomic E-state index is 0.106. The molecule has 0 aliphatic heterocycles. The molecule has 0 aliphatic rings. The number of carbonyl (C=O) groups excluding carboxylic acids is 1. The Morgan fingerprint density at radius 1 is 1.67 bits per heavy atom. The van der Waals surface area contributed by atoms with Crippen molar-refractivity contribution in [1.29, 1.82) is 0 Å². The molecule has 7 heteroatoms. The van der Waals surface area contributed by atoms with E-state index in [0.717, 1.165) is 6.42 Å². The molecular formula is C11H17N3O4. The van der Waals surface area contributed by atoms with Gasteiger partial charge in [0.2, 0.25) is 0 Å². The summed E-state index contributed by atoms with van der Waals surface area (Å²) in [6, 6.07) is 0.858. The SMILES string of the molecule is CCCn1cc([N+](=O)[O-])cc1C(=O)N[C@H](C)CO. The van der Waals surface area contributed by atoms with Gasteiger partial charge in [0.25, 0.3) is 11.6 Å². The number of amides is 1. The van der Waals surface area contributed by atoms with E-state index in [1.807, 2.05) is 6.92 Å². The quantitative estimate of drug-likeness (QED) is 0.583. The fourth-order valence-electron chi connectivity index (χ4n) is 1.55. The van der Waals surface area contributed by atoms with Crippen LogP contribution in [0.2, 0.25) is 0 Å². The van der Waals surface area contributed by atoms with Gasteiger partial charge in [0.1, 0.15) is 5.69 Å². The van der Waals surface area contributed by atoms with E-state index in [0.29, 0.717) is 6.54 Å². The number of carbonyl (C=O) groups is 1.